The molecule has 1 atom stereocenters. The van der Waals surface area contributed by atoms with Crippen LogP contribution in [-0.4, -0.2) is 40.8 Å². The number of aryl methyl sites for hydroxylation is 2. The van der Waals surface area contributed by atoms with E-state index in [-0.39, 0.29) is 24.1 Å². The topological polar surface area (TPSA) is 75.4 Å². The molecule has 1 N–H and O–H groups in total. The largest absolute Gasteiger partial charge is 0.395 e. The third kappa shape index (κ3) is 2.55. The van der Waals surface area contributed by atoms with Gasteiger partial charge in [0.1, 0.15) is 4.90 Å². The van der Waals surface area contributed by atoms with Crippen molar-refractivity contribution in [3.63, 3.8) is 0 Å². The number of aliphatic hydroxyl groups excluding tert-OH is 1. The van der Waals surface area contributed by atoms with Gasteiger partial charge in [-0.25, -0.2) is 8.42 Å². The second-order valence-corrected chi connectivity index (χ2v) is 7.33. The molecule has 3 rings (SSSR count). The Balaban J connectivity index is 2.01. The van der Waals surface area contributed by atoms with Gasteiger partial charge in [-0.15, -0.1) is 0 Å². The quantitative estimate of drug-likeness (QED) is 0.894. The minimum absolute atomic E-state index is 0.0796. The highest BCUT2D eigenvalue weighted by Crippen LogP contribution is 2.38. The van der Waals surface area contributed by atoms with Gasteiger partial charge < -0.3 is 5.11 Å². The second-order valence-electron chi connectivity index (χ2n) is 5.44. The maximum absolute atomic E-state index is 12.9. The van der Waals surface area contributed by atoms with Crippen LogP contribution in [-0.2, 0) is 23.5 Å². The molecule has 0 saturated heterocycles. The molecule has 0 fully saturated rings. The van der Waals surface area contributed by atoms with Gasteiger partial charge in [0.05, 0.1) is 18.8 Å². The lowest BCUT2D eigenvalue weighted by molar-refractivity contribution is 0.225. The molecule has 0 saturated carbocycles. The van der Waals surface area contributed by atoms with Crippen LogP contribution in [0, 0.1) is 0 Å². The van der Waals surface area contributed by atoms with Crippen LogP contribution in [0.15, 0.2) is 41.6 Å². The van der Waals surface area contributed by atoms with Crippen molar-refractivity contribution in [3.05, 3.63) is 47.8 Å². The number of benzene rings is 1. The third-order valence-corrected chi connectivity index (χ3v) is 5.92. The van der Waals surface area contributed by atoms with Gasteiger partial charge in [-0.3, -0.25) is 4.68 Å². The lowest BCUT2D eigenvalue weighted by Crippen LogP contribution is -2.36. The molecule has 1 aliphatic carbocycles. The molecule has 1 unspecified atom stereocenters. The molecule has 1 heterocycles. The van der Waals surface area contributed by atoms with E-state index in [0.29, 0.717) is 0 Å². The SMILES string of the molecule is Cn1cc(S(=O)(=O)N(CCO)C2CCc3ccccc32)cn1. The summed E-state index contributed by atoms with van der Waals surface area (Å²) >= 11 is 0. The zero-order valence-electron chi connectivity index (χ0n) is 12.4. The van der Waals surface area contributed by atoms with Gasteiger partial charge in [-0.1, -0.05) is 24.3 Å². The Kier molecular flexibility index (Phi) is 4.03. The average molecular weight is 321 g/mol. The van der Waals surface area contributed by atoms with Crippen LogP contribution >= 0.6 is 0 Å². The summed E-state index contributed by atoms with van der Waals surface area (Å²) in [6.07, 6.45) is 4.42. The van der Waals surface area contributed by atoms with Crippen LogP contribution in [0.5, 0.6) is 0 Å². The first kappa shape index (κ1) is 15.2. The summed E-state index contributed by atoms with van der Waals surface area (Å²) in [6, 6.07) is 7.66. The van der Waals surface area contributed by atoms with Crippen LogP contribution in [0.1, 0.15) is 23.6 Å². The Bertz CT molecular complexity index is 770. The van der Waals surface area contributed by atoms with Crippen LogP contribution in [0.3, 0.4) is 0 Å². The normalized spacial score (nSPS) is 17.9. The van der Waals surface area contributed by atoms with Crippen molar-refractivity contribution >= 4 is 10.0 Å². The highest BCUT2D eigenvalue weighted by molar-refractivity contribution is 7.89. The zero-order valence-corrected chi connectivity index (χ0v) is 13.2. The fraction of sp³-hybridized carbons (Fsp3) is 0.400. The molecule has 0 spiro atoms. The van der Waals surface area contributed by atoms with E-state index < -0.39 is 10.0 Å². The van der Waals surface area contributed by atoms with Crippen LogP contribution in [0.2, 0.25) is 0 Å². The fourth-order valence-electron chi connectivity index (χ4n) is 3.04. The first-order valence-electron chi connectivity index (χ1n) is 7.23. The molecule has 1 aromatic carbocycles. The predicted molar refractivity (Wildman–Crippen MR) is 81.7 cm³/mol. The molecule has 7 heteroatoms. The summed E-state index contributed by atoms with van der Waals surface area (Å²) in [6.45, 7) is -0.131. The van der Waals surface area contributed by atoms with Crippen molar-refractivity contribution in [1.82, 2.24) is 14.1 Å². The zero-order chi connectivity index (χ0) is 15.7. The number of nitrogens with zero attached hydrogens (tertiary/aromatic N) is 3. The van der Waals surface area contributed by atoms with Gasteiger partial charge in [-0.05, 0) is 24.0 Å². The minimum Gasteiger partial charge on any atom is -0.395 e. The number of hydrogen-bond acceptors (Lipinski definition) is 4. The smallest absolute Gasteiger partial charge is 0.246 e. The van der Waals surface area contributed by atoms with Crippen molar-refractivity contribution in [2.75, 3.05) is 13.2 Å². The van der Waals surface area contributed by atoms with E-state index >= 15 is 0 Å². The summed E-state index contributed by atoms with van der Waals surface area (Å²) in [7, 11) is -2.00. The lowest BCUT2D eigenvalue weighted by atomic mass is 10.1. The van der Waals surface area contributed by atoms with Crippen LogP contribution in [0.4, 0.5) is 0 Å². The lowest BCUT2D eigenvalue weighted by Gasteiger charge is -2.27. The Hall–Kier alpha value is -1.70. The first-order valence-corrected chi connectivity index (χ1v) is 8.67. The molecule has 2 aromatic rings. The van der Waals surface area contributed by atoms with E-state index in [2.05, 4.69) is 5.10 Å². The Morgan fingerprint density at radius 1 is 1.41 bits per heavy atom. The predicted octanol–water partition coefficient (Wildman–Crippen LogP) is 1.09. The highest BCUT2D eigenvalue weighted by Gasteiger charge is 2.36. The molecular weight excluding hydrogens is 302 g/mol. The number of hydrogen-bond donors (Lipinski definition) is 1. The fourth-order valence-corrected chi connectivity index (χ4v) is 4.66. The molecule has 6 nitrogen and oxygen atoms in total. The molecular formula is C15H19N3O3S. The van der Waals surface area contributed by atoms with E-state index in [1.54, 1.807) is 7.05 Å². The van der Waals surface area contributed by atoms with Crippen LogP contribution < -0.4 is 0 Å². The number of aliphatic hydroxyl groups is 1. The Morgan fingerprint density at radius 3 is 2.86 bits per heavy atom. The molecule has 0 bridgehead atoms. The molecule has 1 aliphatic rings. The van der Waals surface area contributed by atoms with Gasteiger partial charge in [-0.2, -0.15) is 9.40 Å². The van der Waals surface area contributed by atoms with E-state index in [0.717, 1.165) is 18.4 Å². The minimum atomic E-state index is -3.68. The number of aromatic nitrogens is 2. The highest BCUT2D eigenvalue weighted by atomic mass is 32.2. The summed E-state index contributed by atoms with van der Waals surface area (Å²) in [5, 5.41) is 13.3. The van der Waals surface area contributed by atoms with Crippen molar-refractivity contribution in [2.45, 2.75) is 23.8 Å². The number of fused-ring (bicyclic) bond motifs is 1. The van der Waals surface area contributed by atoms with Crippen LogP contribution in [0.25, 0.3) is 0 Å². The van der Waals surface area contributed by atoms with Gasteiger partial charge >= 0.3 is 0 Å². The van der Waals surface area contributed by atoms with Crippen molar-refractivity contribution < 1.29 is 13.5 Å². The number of rotatable bonds is 5. The third-order valence-electron chi connectivity index (χ3n) is 4.06. The van der Waals surface area contributed by atoms with E-state index in [1.165, 1.54) is 26.9 Å². The van der Waals surface area contributed by atoms with Crippen molar-refractivity contribution in [3.8, 4) is 0 Å². The maximum Gasteiger partial charge on any atom is 0.246 e. The van der Waals surface area contributed by atoms with Crippen molar-refractivity contribution in [1.29, 1.82) is 0 Å². The van der Waals surface area contributed by atoms with E-state index in [9.17, 15) is 13.5 Å². The first-order chi connectivity index (χ1) is 10.5. The molecule has 22 heavy (non-hydrogen) atoms. The van der Waals surface area contributed by atoms with Gasteiger partial charge in [0.25, 0.3) is 0 Å². The van der Waals surface area contributed by atoms with Crippen molar-refractivity contribution in [2.24, 2.45) is 7.05 Å². The molecule has 0 aliphatic heterocycles. The summed E-state index contributed by atoms with van der Waals surface area (Å²) < 4.78 is 28.7. The van der Waals surface area contributed by atoms with E-state index in [1.807, 2.05) is 24.3 Å². The average Bonchev–Trinajstić information content (AvgIpc) is 3.11. The summed E-state index contributed by atoms with van der Waals surface area (Å²) in [5.74, 6) is 0. The summed E-state index contributed by atoms with van der Waals surface area (Å²) in [4.78, 5) is 0.160. The Labute approximate surface area is 130 Å². The maximum atomic E-state index is 12.9. The molecule has 1 aromatic heterocycles. The monoisotopic (exact) mass is 321 g/mol. The van der Waals surface area contributed by atoms with Gasteiger partial charge in [0.2, 0.25) is 10.0 Å². The second kappa shape index (κ2) is 5.83. The molecule has 0 radical (unpaired) electrons. The molecule has 0 amide bonds. The number of sulfonamides is 1. The summed E-state index contributed by atoms with van der Waals surface area (Å²) in [5.41, 5.74) is 2.21. The molecule has 118 valence electrons. The van der Waals surface area contributed by atoms with Gasteiger partial charge in [0.15, 0.2) is 0 Å². The van der Waals surface area contributed by atoms with Gasteiger partial charge in [0, 0.05) is 19.8 Å². The Morgan fingerprint density at radius 2 is 2.18 bits per heavy atom. The standard InChI is InChI=1S/C15H19N3O3S/c1-17-11-13(10-16-17)22(20,21)18(8-9-19)15-7-6-12-4-2-3-5-14(12)15/h2-5,10-11,15,19H,6-9H2,1H3. The van der Waals surface area contributed by atoms with E-state index in [4.69, 9.17) is 0 Å².